The number of hydrogen-bond donors (Lipinski definition) is 1. The van der Waals surface area contributed by atoms with E-state index in [1.807, 2.05) is 55.5 Å². The van der Waals surface area contributed by atoms with Crippen molar-refractivity contribution in [2.75, 3.05) is 6.54 Å². The maximum absolute atomic E-state index is 13.3. The molecule has 1 amide bonds. The van der Waals surface area contributed by atoms with Crippen molar-refractivity contribution in [2.45, 2.75) is 38.1 Å². The van der Waals surface area contributed by atoms with E-state index in [1.54, 1.807) is 0 Å². The Morgan fingerprint density at radius 1 is 1.06 bits per heavy atom. The number of benzene rings is 3. The number of carbonyl (C=O) groups excluding carboxylic acids is 1. The lowest BCUT2D eigenvalue weighted by Crippen LogP contribution is -2.39. The smallest absolute Gasteiger partial charge is 0.255 e. The average Bonchev–Trinajstić information content (AvgIpc) is 2.79. The summed E-state index contributed by atoms with van der Waals surface area (Å²) in [6.45, 7) is 5.81. The number of carbonyl (C=O) groups is 1. The van der Waals surface area contributed by atoms with Crippen molar-refractivity contribution >= 4 is 33.7 Å². The molecule has 0 fully saturated rings. The molecule has 8 heteroatoms. The first kappa shape index (κ1) is 25.6. The molecule has 0 aliphatic carbocycles. The van der Waals surface area contributed by atoms with E-state index in [-0.39, 0.29) is 18.0 Å². The van der Waals surface area contributed by atoms with Crippen LogP contribution < -0.4 is 5.43 Å². The minimum atomic E-state index is -3.95. The van der Waals surface area contributed by atoms with Gasteiger partial charge in [0.2, 0.25) is 10.0 Å². The van der Waals surface area contributed by atoms with Gasteiger partial charge in [-0.05, 0) is 53.8 Å². The highest BCUT2D eigenvalue weighted by molar-refractivity contribution is 7.89. The number of amides is 1. The van der Waals surface area contributed by atoms with E-state index in [9.17, 15) is 13.2 Å². The predicted octanol–water partition coefficient (Wildman–Crippen LogP) is 5.11. The van der Waals surface area contributed by atoms with Crippen molar-refractivity contribution in [2.24, 2.45) is 5.10 Å². The zero-order valence-corrected chi connectivity index (χ0v) is 21.0. The summed E-state index contributed by atoms with van der Waals surface area (Å²) in [6, 6.07) is 21.2. The van der Waals surface area contributed by atoms with Crippen molar-refractivity contribution in [3.8, 4) is 0 Å². The quantitative estimate of drug-likeness (QED) is 0.329. The van der Waals surface area contributed by atoms with Gasteiger partial charge in [0.15, 0.2) is 0 Å². The Kier molecular flexibility index (Phi) is 8.61. The molecule has 1 N–H and O–H groups in total. The number of rotatable bonds is 9. The van der Waals surface area contributed by atoms with Crippen LogP contribution in [-0.2, 0) is 21.4 Å². The van der Waals surface area contributed by atoms with E-state index in [0.717, 1.165) is 21.0 Å². The van der Waals surface area contributed by atoms with Gasteiger partial charge in [-0.2, -0.15) is 9.41 Å². The Hall–Kier alpha value is -3.00. The standard InChI is InChI=1S/C26H28ClN3O3S/c1-19(2)23-9-7-21(8-10-23)16-28-29-26(31)18-30(17-22-6-4-5-20(3)15-22)34(32,33)25-13-11-24(27)12-14-25/h4-16,19H,17-18H2,1-3H3,(H,29,31)/b28-16-. The van der Waals surface area contributed by atoms with Gasteiger partial charge >= 0.3 is 0 Å². The molecular formula is C26H28ClN3O3S. The molecule has 3 rings (SSSR count). The predicted molar refractivity (Wildman–Crippen MR) is 136 cm³/mol. The Morgan fingerprint density at radius 2 is 1.74 bits per heavy atom. The van der Waals surface area contributed by atoms with Crippen LogP contribution in [0.5, 0.6) is 0 Å². The molecule has 178 valence electrons. The SMILES string of the molecule is Cc1cccc(CN(CC(=O)N/N=C\c2ccc(C(C)C)cc2)S(=O)(=O)c2ccc(Cl)cc2)c1. The first-order chi connectivity index (χ1) is 16.1. The van der Waals surface area contributed by atoms with Gasteiger partial charge in [-0.1, -0.05) is 79.5 Å². The molecule has 0 aliphatic heterocycles. The fraction of sp³-hybridized carbons (Fsp3) is 0.231. The maximum Gasteiger partial charge on any atom is 0.255 e. The summed E-state index contributed by atoms with van der Waals surface area (Å²) in [6.07, 6.45) is 1.53. The van der Waals surface area contributed by atoms with E-state index in [2.05, 4.69) is 24.4 Å². The second kappa shape index (κ2) is 11.4. The normalized spacial score (nSPS) is 11.9. The van der Waals surface area contributed by atoms with Crippen LogP contribution in [0.1, 0.15) is 42.0 Å². The van der Waals surface area contributed by atoms with Crippen LogP contribution in [0.3, 0.4) is 0 Å². The topological polar surface area (TPSA) is 78.8 Å². The summed E-state index contributed by atoms with van der Waals surface area (Å²) < 4.78 is 27.8. The molecule has 0 saturated carbocycles. The molecule has 3 aromatic carbocycles. The minimum Gasteiger partial charge on any atom is -0.272 e. The van der Waals surface area contributed by atoms with Crippen molar-refractivity contribution < 1.29 is 13.2 Å². The van der Waals surface area contributed by atoms with Crippen LogP contribution in [0.15, 0.2) is 82.8 Å². The zero-order valence-electron chi connectivity index (χ0n) is 19.4. The number of aryl methyl sites for hydroxylation is 1. The fourth-order valence-corrected chi connectivity index (χ4v) is 4.85. The lowest BCUT2D eigenvalue weighted by molar-refractivity contribution is -0.121. The molecule has 0 heterocycles. The van der Waals surface area contributed by atoms with E-state index in [4.69, 9.17) is 11.6 Å². The molecule has 6 nitrogen and oxygen atoms in total. The van der Waals surface area contributed by atoms with Gasteiger partial charge in [-0.3, -0.25) is 4.79 Å². The molecule has 0 radical (unpaired) electrons. The fourth-order valence-electron chi connectivity index (χ4n) is 3.34. The van der Waals surface area contributed by atoms with E-state index in [1.165, 1.54) is 36.0 Å². The first-order valence-corrected chi connectivity index (χ1v) is 12.7. The molecule has 0 saturated heterocycles. The van der Waals surface area contributed by atoms with Crippen LogP contribution in [0.4, 0.5) is 0 Å². The van der Waals surface area contributed by atoms with Crippen LogP contribution in [-0.4, -0.2) is 31.4 Å². The van der Waals surface area contributed by atoms with Crippen LogP contribution in [0.2, 0.25) is 5.02 Å². The van der Waals surface area contributed by atoms with Crippen LogP contribution >= 0.6 is 11.6 Å². The highest BCUT2D eigenvalue weighted by Gasteiger charge is 2.27. The summed E-state index contributed by atoms with van der Waals surface area (Å²) in [7, 11) is -3.95. The van der Waals surface area contributed by atoms with E-state index in [0.29, 0.717) is 10.9 Å². The Bertz CT molecular complexity index is 1260. The Balaban J connectivity index is 1.76. The lowest BCUT2D eigenvalue weighted by Gasteiger charge is -2.21. The molecule has 0 aromatic heterocycles. The average molecular weight is 498 g/mol. The third-order valence-corrected chi connectivity index (χ3v) is 7.28. The zero-order chi connectivity index (χ0) is 24.7. The molecule has 34 heavy (non-hydrogen) atoms. The molecule has 3 aromatic rings. The number of hydrogen-bond acceptors (Lipinski definition) is 4. The number of nitrogens with one attached hydrogen (secondary N) is 1. The van der Waals surface area contributed by atoms with Gasteiger partial charge in [0, 0.05) is 11.6 Å². The molecule has 0 unspecified atom stereocenters. The lowest BCUT2D eigenvalue weighted by atomic mass is 10.0. The summed E-state index contributed by atoms with van der Waals surface area (Å²) in [5, 5.41) is 4.42. The summed E-state index contributed by atoms with van der Waals surface area (Å²) >= 11 is 5.92. The summed E-state index contributed by atoms with van der Waals surface area (Å²) in [5.41, 5.74) is 6.25. The third kappa shape index (κ3) is 7.00. The maximum atomic E-state index is 13.3. The van der Waals surface area contributed by atoms with Crippen molar-refractivity contribution in [1.29, 1.82) is 0 Å². The number of nitrogens with zero attached hydrogens (tertiary/aromatic N) is 2. The van der Waals surface area contributed by atoms with Gasteiger partial charge < -0.3 is 0 Å². The number of hydrazone groups is 1. The third-order valence-electron chi connectivity index (χ3n) is 5.22. The van der Waals surface area contributed by atoms with Crippen molar-refractivity contribution in [3.63, 3.8) is 0 Å². The van der Waals surface area contributed by atoms with E-state index < -0.39 is 15.9 Å². The molecule has 0 aliphatic rings. The Morgan fingerprint density at radius 3 is 2.35 bits per heavy atom. The minimum absolute atomic E-state index is 0.0421. The first-order valence-electron chi connectivity index (χ1n) is 10.9. The second-order valence-electron chi connectivity index (χ2n) is 8.33. The van der Waals surface area contributed by atoms with Crippen LogP contribution in [0, 0.1) is 6.92 Å². The molecular weight excluding hydrogens is 470 g/mol. The van der Waals surface area contributed by atoms with Crippen molar-refractivity contribution in [1.82, 2.24) is 9.73 Å². The highest BCUT2D eigenvalue weighted by atomic mass is 35.5. The van der Waals surface area contributed by atoms with Gasteiger partial charge in [0.1, 0.15) is 0 Å². The number of sulfonamides is 1. The van der Waals surface area contributed by atoms with Gasteiger partial charge in [0.25, 0.3) is 5.91 Å². The molecule has 0 atom stereocenters. The molecule has 0 spiro atoms. The van der Waals surface area contributed by atoms with Gasteiger partial charge in [-0.25, -0.2) is 13.8 Å². The Labute approximate surface area is 206 Å². The van der Waals surface area contributed by atoms with Crippen molar-refractivity contribution in [3.05, 3.63) is 100 Å². The highest BCUT2D eigenvalue weighted by Crippen LogP contribution is 2.21. The second-order valence-corrected chi connectivity index (χ2v) is 10.7. The van der Waals surface area contributed by atoms with Gasteiger partial charge in [0.05, 0.1) is 17.7 Å². The monoisotopic (exact) mass is 497 g/mol. The largest absolute Gasteiger partial charge is 0.272 e. The molecule has 0 bridgehead atoms. The van der Waals surface area contributed by atoms with Gasteiger partial charge in [-0.15, -0.1) is 0 Å². The summed E-state index contributed by atoms with van der Waals surface area (Å²) in [5.74, 6) is -0.118. The van der Waals surface area contributed by atoms with Crippen LogP contribution in [0.25, 0.3) is 0 Å². The number of halogens is 1. The summed E-state index contributed by atoms with van der Waals surface area (Å²) in [4.78, 5) is 12.7. The van der Waals surface area contributed by atoms with E-state index >= 15 is 0 Å².